The van der Waals surface area contributed by atoms with Crippen molar-refractivity contribution in [3.05, 3.63) is 89.3 Å². The fraction of sp³-hybridized carbons (Fsp3) is 0.240. The van der Waals surface area contributed by atoms with Crippen LogP contribution >= 0.6 is 0 Å². The van der Waals surface area contributed by atoms with Gasteiger partial charge in [0.15, 0.2) is 5.69 Å². The molecule has 5 rings (SSSR count). The molecule has 3 heterocycles. The highest BCUT2D eigenvalue weighted by atomic mass is 19.3. The minimum Gasteiger partial charge on any atom is -0.433 e. The van der Waals surface area contributed by atoms with E-state index in [1.807, 2.05) is 46.0 Å². The van der Waals surface area contributed by atoms with Crippen LogP contribution < -0.4 is 15.1 Å². The number of hydrogen-bond donors (Lipinski definition) is 0. The molecule has 2 aromatic heterocycles. The molecule has 0 atom stereocenters. The van der Waals surface area contributed by atoms with Gasteiger partial charge in [-0.2, -0.15) is 19.0 Å². The van der Waals surface area contributed by atoms with E-state index in [0.29, 0.717) is 30.2 Å². The van der Waals surface area contributed by atoms with E-state index < -0.39 is 6.61 Å². The van der Waals surface area contributed by atoms with Gasteiger partial charge in [0, 0.05) is 25.4 Å². The third-order valence-corrected chi connectivity index (χ3v) is 5.97. The SMILES string of the molecule is O=c1ccn(C2CCN(c3ccccc3OC(F)F)CC2)nc1-c1ccnn1-c1ccccc1. The number of rotatable bonds is 6. The van der Waals surface area contributed by atoms with Crippen LogP contribution in [-0.2, 0) is 0 Å². The molecule has 0 amide bonds. The smallest absolute Gasteiger partial charge is 0.387 e. The molecule has 0 aliphatic carbocycles. The number of alkyl halides is 2. The summed E-state index contributed by atoms with van der Waals surface area (Å²) in [6.07, 6.45) is 4.86. The van der Waals surface area contributed by atoms with E-state index in [4.69, 9.17) is 4.74 Å². The van der Waals surface area contributed by atoms with E-state index in [9.17, 15) is 13.6 Å². The van der Waals surface area contributed by atoms with Gasteiger partial charge in [-0.15, -0.1) is 0 Å². The van der Waals surface area contributed by atoms with Crippen LogP contribution in [0.2, 0.25) is 0 Å². The molecule has 1 fully saturated rings. The molecular weight excluding hydrogens is 440 g/mol. The summed E-state index contributed by atoms with van der Waals surface area (Å²) in [5, 5.41) is 9.06. The van der Waals surface area contributed by atoms with Crippen LogP contribution in [0.25, 0.3) is 17.1 Å². The molecule has 174 valence electrons. The molecule has 0 unspecified atom stereocenters. The maximum atomic E-state index is 12.8. The Morgan fingerprint density at radius 2 is 1.68 bits per heavy atom. The number of benzene rings is 2. The van der Waals surface area contributed by atoms with E-state index >= 15 is 0 Å². The second-order valence-corrected chi connectivity index (χ2v) is 8.04. The summed E-state index contributed by atoms with van der Waals surface area (Å²) in [4.78, 5) is 14.7. The first-order chi connectivity index (χ1) is 16.6. The zero-order valence-corrected chi connectivity index (χ0v) is 18.3. The number of nitrogens with zero attached hydrogens (tertiary/aromatic N) is 5. The van der Waals surface area contributed by atoms with E-state index in [-0.39, 0.29) is 17.2 Å². The fourth-order valence-corrected chi connectivity index (χ4v) is 4.34. The average Bonchev–Trinajstić information content (AvgIpc) is 3.35. The summed E-state index contributed by atoms with van der Waals surface area (Å²) >= 11 is 0. The molecule has 9 heteroatoms. The van der Waals surface area contributed by atoms with Gasteiger partial charge in [-0.1, -0.05) is 30.3 Å². The highest BCUT2D eigenvalue weighted by molar-refractivity contribution is 5.59. The Hall–Kier alpha value is -4.01. The molecule has 0 saturated carbocycles. The predicted molar refractivity (Wildman–Crippen MR) is 125 cm³/mol. The quantitative estimate of drug-likeness (QED) is 0.420. The second kappa shape index (κ2) is 9.46. The Morgan fingerprint density at radius 3 is 2.44 bits per heavy atom. The van der Waals surface area contributed by atoms with Crippen LogP contribution in [0.15, 0.2) is 83.9 Å². The molecule has 1 aliphatic rings. The van der Waals surface area contributed by atoms with Gasteiger partial charge in [0.25, 0.3) is 0 Å². The minimum atomic E-state index is -2.87. The minimum absolute atomic E-state index is 0.0758. The standard InChI is InChI=1S/C25H23F2N5O2/c26-25(27)34-23-9-5-4-8-20(23)30-15-11-18(12-16-30)31-17-13-22(33)24(29-31)21-10-14-28-32(21)19-6-2-1-3-7-19/h1-10,13-14,17-18,25H,11-12,15-16H2. The Bertz CT molecular complexity index is 1310. The van der Waals surface area contributed by atoms with Crippen molar-refractivity contribution in [2.24, 2.45) is 0 Å². The lowest BCUT2D eigenvalue weighted by Gasteiger charge is -2.34. The van der Waals surface area contributed by atoms with E-state index in [0.717, 1.165) is 18.5 Å². The molecule has 1 aliphatic heterocycles. The molecule has 7 nitrogen and oxygen atoms in total. The summed E-state index contributed by atoms with van der Waals surface area (Å²) in [5.74, 6) is 0.175. The number of hydrogen-bond acceptors (Lipinski definition) is 5. The zero-order valence-electron chi connectivity index (χ0n) is 18.3. The maximum absolute atomic E-state index is 12.8. The number of piperidine rings is 1. The number of ether oxygens (including phenoxy) is 1. The highest BCUT2D eigenvalue weighted by Gasteiger charge is 2.24. The molecule has 0 N–H and O–H groups in total. The van der Waals surface area contributed by atoms with Crippen LogP contribution in [0.3, 0.4) is 0 Å². The van der Waals surface area contributed by atoms with Crippen molar-refractivity contribution in [2.75, 3.05) is 18.0 Å². The fourth-order valence-electron chi connectivity index (χ4n) is 4.34. The van der Waals surface area contributed by atoms with E-state index in [1.54, 1.807) is 41.3 Å². The van der Waals surface area contributed by atoms with Crippen molar-refractivity contribution in [1.29, 1.82) is 0 Å². The van der Waals surface area contributed by atoms with Crippen molar-refractivity contribution >= 4 is 5.69 Å². The lowest BCUT2D eigenvalue weighted by Crippen LogP contribution is -2.35. The zero-order chi connectivity index (χ0) is 23.5. The number of anilines is 1. The third-order valence-electron chi connectivity index (χ3n) is 5.97. The van der Waals surface area contributed by atoms with Crippen LogP contribution in [0.1, 0.15) is 18.9 Å². The average molecular weight is 463 g/mol. The Kier molecular flexibility index (Phi) is 6.07. The van der Waals surface area contributed by atoms with Crippen LogP contribution in [0.4, 0.5) is 14.5 Å². The van der Waals surface area contributed by atoms with Crippen molar-refractivity contribution in [1.82, 2.24) is 19.6 Å². The van der Waals surface area contributed by atoms with Crippen molar-refractivity contribution in [2.45, 2.75) is 25.5 Å². The summed E-state index contributed by atoms with van der Waals surface area (Å²) < 4.78 is 33.8. The monoisotopic (exact) mass is 463 g/mol. The summed E-state index contributed by atoms with van der Waals surface area (Å²) in [6, 6.07) is 19.8. The van der Waals surface area contributed by atoms with Crippen LogP contribution in [0, 0.1) is 0 Å². The Morgan fingerprint density at radius 1 is 0.941 bits per heavy atom. The first-order valence-electron chi connectivity index (χ1n) is 11.1. The number of aromatic nitrogens is 4. The first-order valence-corrected chi connectivity index (χ1v) is 11.1. The summed E-state index contributed by atoms with van der Waals surface area (Å²) in [5.41, 5.74) is 2.28. The predicted octanol–water partition coefficient (Wildman–Crippen LogP) is 4.54. The topological polar surface area (TPSA) is 65.2 Å². The molecule has 0 radical (unpaired) electrons. The summed E-state index contributed by atoms with van der Waals surface area (Å²) in [6.45, 7) is -1.56. The summed E-state index contributed by atoms with van der Waals surface area (Å²) in [7, 11) is 0. The maximum Gasteiger partial charge on any atom is 0.387 e. The number of para-hydroxylation sites is 3. The molecule has 0 bridgehead atoms. The van der Waals surface area contributed by atoms with Gasteiger partial charge < -0.3 is 9.64 Å². The van der Waals surface area contributed by atoms with Gasteiger partial charge in [-0.25, -0.2) is 4.68 Å². The van der Waals surface area contributed by atoms with Gasteiger partial charge in [0.2, 0.25) is 5.43 Å². The molecule has 2 aromatic carbocycles. The lowest BCUT2D eigenvalue weighted by atomic mass is 10.0. The highest BCUT2D eigenvalue weighted by Crippen LogP contribution is 2.33. The van der Waals surface area contributed by atoms with E-state index in [2.05, 4.69) is 10.2 Å². The van der Waals surface area contributed by atoms with Gasteiger partial charge in [-0.3, -0.25) is 9.48 Å². The molecular formula is C25H23F2N5O2. The Labute approximate surface area is 194 Å². The molecule has 4 aromatic rings. The normalized spacial score (nSPS) is 14.5. The van der Waals surface area contributed by atoms with Crippen molar-refractivity contribution in [3.63, 3.8) is 0 Å². The van der Waals surface area contributed by atoms with Gasteiger partial charge in [-0.05, 0) is 43.2 Å². The van der Waals surface area contributed by atoms with Crippen LogP contribution in [0.5, 0.6) is 5.75 Å². The second-order valence-electron chi connectivity index (χ2n) is 8.04. The molecule has 34 heavy (non-hydrogen) atoms. The van der Waals surface area contributed by atoms with Gasteiger partial charge in [0.05, 0.1) is 29.3 Å². The van der Waals surface area contributed by atoms with Crippen molar-refractivity contribution < 1.29 is 13.5 Å². The molecule has 0 spiro atoms. The lowest BCUT2D eigenvalue weighted by molar-refractivity contribution is -0.0495. The van der Waals surface area contributed by atoms with Gasteiger partial charge in [0.1, 0.15) is 5.75 Å². The van der Waals surface area contributed by atoms with Crippen LogP contribution in [-0.4, -0.2) is 39.3 Å². The third kappa shape index (κ3) is 4.41. The Balaban J connectivity index is 1.37. The first kappa shape index (κ1) is 21.8. The molecule has 1 saturated heterocycles. The van der Waals surface area contributed by atoms with Gasteiger partial charge >= 0.3 is 6.61 Å². The van der Waals surface area contributed by atoms with Crippen molar-refractivity contribution in [3.8, 4) is 22.8 Å². The largest absolute Gasteiger partial charge is 0.433 e. The van der Waals surface area contributed by atoms with E-state index in [1.165, 1.54) is 6.07 Å². The number of halogens is 2.